The zero-order valence-electron chi connectivity index (χ0n) is 12.9. The molecule has 1 unspecified atom stereocenters. The van der Waals surface area contributed by atoms with E-state index in [1.165, 1.54) is 22.3 Å². The first kappa shape index (κ1) is 16.1. The molecular weight excluding hydrogens is 328 g/mol. The molecule has 0 fully saturated rings. The Labute approximate surface area is 134 Å². The molecule has 0 saturated carbocycles. The van der Waals surface area contributed by atoms with Crippen molar-refractivity contribution in [3.63, 3.8) is 0 Å². The molecule has 21 heavy (non-hydrogen) atoms. The minimum Gasteiger partial charge on any atom is -0.496 e. The monoisotopic (exact) mass is 348 g/mol. The molecule has 3 heteroatoms. The van der Waals surface area contributed by atoms with Gasteiger partial charge in [0, 0.05) is 16.5 Å². The summed E-state index contributed by atoms with van der Waals surface area (Å²) in [6.07, 6.45) is 0.0174. The Kier molecular flexibility index (Phi) is 5.07. The summed E-state index contributed by atoms with van der Waals surface area (Å²) in [5, 5.41) is 10.6. The quantitative estimate of drug-likeness (QED) is 0.870. The topological polar surface area (TPSA) is 29.5 Å². The Morgan fingerprint density at radius 1 is 1.10 bits per heavy atom. The van der Waals surface area contributed by atoms with Gasteiger partial charge in [-0.05, 0) is 49.6 Å². The van der Waals surface area contributed by atoms with E-state index in [4.69, 9.17) is 4.74 Å². The maximum atomic E-state index is 10.6. The molecule has 0 aliphatic rings. The number of methoxy groups -OCH3 is 1. The van der Waals surface area contributed by atoms with Crippen molar-refractivity contribution in [2.75, 3.05) is 7.11 Å². The Hall–Kier alpha value is -1.32. The number of aryl methyl sites for hydroxylation is 3. The predicted octanol–water partition coefficient (Wildman–Crippen LogP) is 4.66. The molecule has 0 saturated heterocycles. The van der Waals surface area contributed by atoms with Crippen molar-refractivity contribution in [3.8, 4) is 5.75 Å². The smallest absolute Gasteiger partial charge is 0.125 e. The van der Waals surface area contributed by atoms with Gasteiger partial charge in [0.25, 0.3) is 0 Å². The second-order valence-electron chi connectivity index (χ2n) is 5.48. The van der Waals surface area contributed by atoms with Gasteiger partial charge in [-0.2, -0.15) is 0 Å². The number of halogens is 1. The van der Waals surface area contributed by atoms with Crippen molar-refractivity contribution < 1.29 is 9.84 Å². The predicted molar refractivity (Wildman–Crippen MR) is 90.0 cm³/mol. The fourth-order valence-electron chi connectivity index (χ4n) is 2.80. The van der Waals surface area contributed by atoms with Gasteiger partial charge in [-0.25, -0.2) is 0 Å². The highest BCUT2D eigenvalue weighted by molar-refractivity contribution is 9.10. The number of aliphatic hydroxyl groups is 1. The van der Waals surface area contributed by atoms with Crippen LogP contribution in [0.1, 0.15) is 33.9 Å². The lowest BCUT2D eigenvalue weighted by Gasteiger charge is -2.18. The van der Waals surface area contributed by atoms with Crippen LogP contribution >= 0.6 is 15.9 Å². The van der Waals surface area contributed by atoms with Gasteiger partial charge in [0.15, 0.2) is 0 Å². The van der Waals surface area contributed by atoms with Crippen LogP contribution in [0.2, 0.25) is 0 Å². The van der Waals surface area contributed by atoms with Crippen molar-refractivity contribution in [1.82, 2.24) is 0 Å². The first-order chi connectivity index (χ1) is 9.92. The molecule has 1 atom stereocenters. The zero-order chi connectivity index (χ0) is 15.6. The summed E-state index contributed by atoms with van der Waals surface area (Å²) in [5.74, 6) is 0.708. The summed E-state index contributed by atoms with van der Waals surface area (Å²) < 4.78 is 6.32. The number of hydrogen-bond donors (Lipinski definition) is 1. The summed E-state index contributed by atoms with van der Waals surface area (Å²) in [4.78, 5) is 0. The van der Waals surface area contributed by atoms with E-state index in [2.05, 4.69) is 48.8 Å². The molecular formula is C18H21BrO2. The third-order valence-electron chi connectivity index (χ3n) is 3.79. The maximum absolute atomic E-state index is 10.6. The highest BCUT2D eigenvalue weighted by atomic mass is 79.9. The van der Waals surface area contributed by atoms with Crippen LogP contribution in [-0.4, -0.2) is 12.2 Å². The van der Waals surface area contributed by atoms with E-state index >= 15 is 0 Å². The Morgan fingerprint density at radius 2 is 1.71 bits per heavy atom. The van der Waals surface area contributed by atoms with E-state index in [1.54, 1.807) is 7.11 Å². The molecule has 2 nitrogen and oxygen atoms in total. The molecule has 0 spiro atoms. The highest BCUT2D eigenvalue weighted by Gasteiger charge is 2.16. The number of benzene rings is 2. The highest BCUT2D eigenvalue weighted by Crippen LogP contribution is 2.31. The molecule has 112 valence electrons. The van der Waals surface area contributed by atoms with Gasteiger partial charge >= 0.3 is 0 Å². The van der Waals surface area contributed by atoms with Gasteiger partial charge in [0.2, 0.25) is 0 Å². The molecule has 0 radical (unpaired) electrons. The van der Waals surface area contributed by atoms with E-state index in [0.717, 1.165) is 10.0 Å². The standard InChI is InChI=1S/C18H21BrO2/c1-11-7-12(2)16(13(3)8-11)10-17(20)15-6-5-14(19)9-18(15)21-4/h5-9,17,20H,10H2,1-4H3. The Balaban J connectivity index is 2.32. The number of aliphatic hydroxyl groups excluding tert-OH is 1. The summed E-state index contributed by atoms with van der Waals surface area (Å²) in [6.45, 7) is 6.29. The van der Waals surface area contributed by atoms with E-state index < -0.39 is 6.10 Å². The molecule has 2 rings (SSSR count). The van der Waals surface area contributed by atoms with Crippen LogP contribution < -0.4 is 4.74 Å². The normalized spacial score (nSPS) is 12.3. The van der Waals surface area contributed by atoms with Gasteiger partial charge in [-0.15, -0.1) is 0 Å². The van der Waals surface area contributed by atoms with E-state index in [1.807, 2.05) is 18.2 Å². The van der Waals surface area contributed by atoms with Crippen molar-refractivity contribution in [2.24, 2.45) is 0 Å². The maximum Gasteiger partial charge on any atom is 0.125 e. The summed E-state index contributed by atoms with van der Waals surface area (Å²) in [6, 6.07) is 10.0. The minimum absolute atomic E-state index is 0.576. The Bertz CT molecular complexity index is 627. The van der Waals surface area contributed by atoms with Gasteiger partial charge < -0.3 is 9.84 Å². The molecule has 0 heterocycles. The van der Waals surface area contributed by atoms with Crippen molar-refractivity contribution in [1.29, 1.82) is 0 Å². The van der Waals surface area contributed by atoms with Gasteiger partial charge in [0.05, 0.1) is 13.2 Å². The number of hydrogen-bond acceptors (Lipinski definition) is 2. The Morgan fingerprint density at radius 3 is 2.29 bits per heavy atom. The van der Waals surface area contributed by atoms with Gasteiger partial charge in [-0.1, -0.05) is 39.7 Å². The average Bonchev–Trinajstić information content (AvgIpc) is 2.42. The first-order valence-electron chi connectivity index (χ1n) is 7.00. The van der Waals surface area contributed by atoms with Crippen LogP contribution in [0, 0.1) is 20.8 Å². The summed E-state index contributed by atoms with van der Waals surface area (Å²) >= 11 is 3.42. The minimum atomic E-state index is -0.576. The third kappa shape index (κ3) is 3.66. The van der Waals surface area contributed by atoms with Crippen molar-refractivity contribution in [2.45, 2.75) is 33.3 Å². The second kappa shape index (κ2) is 6.63. The summed E-state index contributed by atoms with van der Waals surface area (Å²) in [7, 11) is 1.63. The fraction of sp³-hybridized carbons (Fsp3) is 0.333. The summed E-state index contributed by atoms with van der Waals surface area (Å²) in [5.41, 5.74) is 5.73. The molecule has 0 amide bonds. The lowest BCUT2D eigenvalue weighted by atomic mass is 9.93. The number of rotatable bonds is 4. The molecule has 2 aromatic rings. The van der Waals surface area contributed by atoms with Crippen LogP contribution in [0.15, 0.2) is 34.8 Å². The van der Waals surface area contributed by atoms with Gasteiger partial charge in [0.1, 0.15) is 5.75 Å². The molecule has 0 aromatic heterocycles. The average molecular weight is 349 g/mol. The van der Waals surface area contributed by atoms with Crippen molar-refractivity contribution in [3.05, 3.63) is 62.6 Å². The first-order valence-corrected chi connectivity index (χ1v) is 7.80. The van der Waals surface area contributed by atoms with Crippen LogP contribution in [-0.2, 0) is 6.42 Å². The lowest BCUT2D eigenvalue weighted by molar-refractivity contribution is 0.173. The van der Waals surface area contributed by atoms with E-state index in [0.29, 0.717) is 12.2 Å². The van der Waals surface area contributed by atoms with E-state index in [-0.39, 0.29) is 0 Å². The lowest BCUT2D eigenvalue weighted by Crippen LogP contribution is -2.07. The van der Waals surface area contributed by atoms with E-state index in [9.17, 15) is 5.11 Å². The van der Waals surface area contributed by atoms with Gasteiger partial charge in [-0.3, -0.25) is 0 Å². The molecule has 2 aromatic carbocycles. The molecule has 0 aliphatic heterocycles. The van der Waals surface area contributed by atoms with Crippen LogP contribution in [0.5, 0.6) is 5.75 Å². The molecule has 0 aliphatic carbocycles. The SMILES string of the molecule is COc1cc(Br)ccc1C(O)Cc1c(C)cc(C)cc1C. The van der Waals surface area contributed by atoms with Crippen LogP contribution in [0.25, 0.3) is 0 Å². The molecule has 0 bridgehead atoms. The second-order valence-corrected chi connectivity index (χ2v) is 6.40. The van der Waals surface area contributed by atoms with Crippen LogP contribution in [0.3, 0.4) is 0 Å². The zero-order valence-corrected chi connectivity index (χ0v) is 14.5. The third-order valence-corrected chi connectivity index (χ3v) is 4.29. The largest absolute Gasteiger partial charge is 0.496 e. The fourth-order valence-corrected chi connectivity index (χ4v) is 3.14. The van der Waals surface area contributed by atoms with Crippen molar-refractivity contribution >= 4 is 15.9 Å². The number of ether oxygens (including phenoxy) is 1. The molecule has 1 N–H and O–H groups in total. The van der Waals surface area contributed by atoms with Crippen LogP contribution in [0.4, 0.5) is 0 Å².